The molecule has 0 saturated carbocycles. The van der Waals surface area contributed by atoms with Crippen LogP contribution in [0.3, 0.4) is 0 Å². The summed E-state index contributed by atoms with van der Waals surface area (Å²) in [6, 6.07) is 0. The second-order valence-corrected chi connectivity index (χ2v) is 7.42. The summed E-state index contributed by atoms with van der Waals surface area (Å²) >= 11 is 0. The van der Waals surface area contributed by atoms with Crippen LogP contribution in [0.4, 0.5) is 0 Å². The molecule has 0 heterocycles. The summed E-state index contributed by atoms with van der Waals surface area (Å²) in [5.41, 5.74) is 0.891. The van der Waals surface area contributed by atoms with Gasteiger partial charge in [0, 0.05) is 11.1 Å². The van der Waals surface area contributed by atoms with E-state index in [4.69, 9.17) is 9.47 Å². The quantitative estimate of drug-likeness (QED) is 0.294. The van der Waals surface area contributed by atoms with Gasteiger partial charge in [0.05, 0.1) is 13.2 Å². The molecule has 0 aliphatic heterocycles. The zero-order chi connectivity index (χ0) is 18.6. The van der Waals surface area contributed by atoms with Crippen LogP contribution in [0, 0.1) is 5.41 Å². The Hall–Kier alpha value is -1.32. The minimum absolute atomic E-state index is 0.110. The van der Waals surface area contributed by atoms with Crippen molar-refractivity contribution in [3.05, 3.63) is 11.1 Å². The normalized spacial score (nSPS) is 12.6. The molecule has 0 aliphatic carbocycles. The Morgan fingerprint density at radius 2 is 1.25 bits per heavy atom. The lowest BCUT2D eigenvalue weighted by Crippen LogP contribution is -2.21. The lowest BCUT2D eigenvalue weighted by atomic mass is 9.85. The molecule has 0 atom stereocenters. The number of unbranched alkanes of at least 4 members (excludes halogenated alkanes) is 2. The highest BCUT2D eigenvalue weighted by Crippen LogP contribution is 2.29. The van der Waals surface area contributed by atoms with Gasteiger partial charge in [-0.3, -0.25) is 0 Å². The van der Waals surface area contributed by atoms with Crippen LogP contribution in [0.25, 0.3) is 0 Å². The zero-order valence-corrected chi connectivity index (χ0v) is 16.5. The number of hydrogen-bond donors (Lipinski definition) is 0. The molecule has 0 N–H and O–H groups in total. The van der Waals surface area contributed by atoms with E-state index >= 15 is 0 Å². The second kappa shape index (κ2) is 12.1. The predicted molar refractivity (Wildman–Crippen MR) is 97.7 cm³/mol. The highest BCUT2D eigenvalue weighted by atomic mass is 16.5. The largest absolute Gasteiger partial charge is 0.462 e. The third-order valence-electron chi connectivity index (χ3n) is 3.47. The molecule has 0 fully saturated rings. The van der Waals surface area contributed by atoms with E-state index in [0.29, 0.717) is 37.2 Å². The number of carbonyl (C=O) groups is 2. The molecule has 0 radical (unpaired) electrons. The number of carbonyl (C=O) groups excluding carboxylic acids is 2. The van der Waals surface area contributed by atoms with E-state index in [2.05, 4.69) is 27.7 Å². The van der Waals surface area contributed by atoms with E-state index in [1.165, 1.54) is 0 Å². The van der Waals surface area contributed by atoms with Crippen molar-refractivity contribution in [2.45, 2.75) is 86.5 Å². The number of hydrogen-bond acceptors (Lipinski definition) is 4. The van der Waals surface area contributed by atoms with Crippen LogP contribution >= 0.6 is 0 Å². The average molecular weight is 341 g/mol. The van der Waals surface area contributed by atoms with Crippen LogP contribution in [0.1, 0.15) is 86.5 Å². The fourth-order valence-electron chi connectivity index (χ4n) is 2.32. The Labute approximate surface area is 148 Å². The Bertz CT molecular complexity index is 416. The highest BCUT2D eigenvalue weighted by Gasteiger charge is 2.27. The Kier molecular flexibility index (Phi) is 11.4. The molecule has 0 aromatic carbocycles. The van der Waals surface area contributed by atoms with Gasteiger partial charge in [0.1, 0.15) is 0 Å². The highest BCUT2D eigenvalue weighted by molar-refractivity contribution is 6.00. The number of ether oxygens (including phenoxy) is 2. The average Bonchev–Trinajstić information content (AvgIpc) is 2.51. The van der Waals surface area contributed by atoms with Gasteiger partial charge in [-0.05, 0) is 37.5 Å². The summed E-state index contributed by atoms with van der Waals surface area (Å²) in [4.78, 5) is 25.1. The lowest BCUT2D eigenvalue weighted by molar-refractivity contribution is -0.142. The molecule has 0 spiro atoms. The molecule has 0 aliphatic rings. The fourth-order valence-corrected chi connectivity index (χ4v) is 2.32. The van der Waals surface area contributed by atoms with Gasteiger partial charge < -0.3 is 9.47 Å². The van der Waals surface area contributed by atoms with Gasteiger partial charge in [-0.15, -0.1) is 0 Å². The Morgan fingerprint density at radius 3 is 1.67 bits per heavy atom. The Morgan fingerprint density at radius 1 is 0.750 bits per heavy atom. The summed E-state index contributed by atoms with van der Waals surface area (Å²) in [7, 11) is 0. The zero-order valence-electron chi connectivity index (χ0n) is 16.5. The first kappa shape index (κ1) is 22.7. The predicted octanol–water partition coefficient (Wildman–Crippen LogP) is 5.21. The molecule has 0 rings (SSSR count). The van der Waals surface area contributed by atoms with Gasteiger partial charge in [0.2, 0.25) is 0 Å². The van der Waals surface area contributed by atoms with Crippen molar-refractivity contribution >= 4 is 11.9 Å². The lowest BCUT2D eigenvalue weighted by Gasteiger charge is -2.22. The topological polar surface area (TPSA) is 52.6 Å². The van der Waals surface area contributed by atoms with Crippen LogP contribution in [-0.2, 0) is 19.1 Å². The van der Waals surface area contributed by atoms with Gasteiger partial charge in [0.25, 0.3) is 0 Å². The maximum absolute atomic E-state index is 12.5. The van der Waals surface area contributed by atoms with Gasteiger partial charge in [-0.1, -0.05) is 54.4 Å². The van der Waals surface area contributed by atoms with Crippen LogP contribution in [0.15, 0.2) is 11.1 Å². The molecular formula is C20H36O4. The van der Waals surface area contributed by atoms with E-state index in [9.17, 15) is 9.59 Å². The van der Waals surface area contributed by atoms with E-state index in [1.54, 1.807) is 0 Å². The molecule has 0 unspecified atom stereocenters. The van der Waals surface area contributed by atoms with Crippen molar-refractivity contribution in [3.63, 3.8) is 0 Å². The van der Waals surface area contributed by atoms with Crippen molar-refractivity contribution in [2.75, 3.05) is 13.2 Å². The van der Waals surface area contributed by atoms with E-state index in [0.717, 1.165) is 32.1 Å². The second-order valence-electron chi connectivity index (χ2n) is 7.42. The molecule has 4 nitrogen and oxygen atoms in total. The molecule has 4 heteroatoms. The minimum Gasteiger partial charge on any atom is -0.462 e. The molecule has 0 aromatic heterocycles. The summed E-state index contributed by atoms with van der Waals surface area (Å²) in [5.74, 6) is -0.729. The molecule has 140 valence electrons. The molecule has 24 heavy (non-hydrogen) atoms. The summed E-state index contributed by atoms with van der Waals surface area (Å²) in [6.45, 7) is 13.0. The van der Waals surface area contributed by atoms with Crippen molar-refractivity contribution < 1.29 is 19.1 Å². The molecule has 0 bridgehead atoms. The van der Waals surface area contributed by atoms with Crippen LogP contribution in [-0.4, -0.2) is 25.2 Å². The van der Waals surface area contributed by atoms with Crippen LogP contribution < -0.4 is 0 Å². The van der Waals surface area contributed by atoms with Crippen LogP contribution in [0.2, 0.25) is 0 Å². The van der Waals surface area contributed by atoms with E-state index < -0.39 is 0 Å². The monoisotopic (exact) mass is 340 g/mol. The summed E-state index contributed by atoms with van der Waals surface area (Å²) in [6.07, 6.45) is 5.58. The first-order chi connectivity index (χ1) is 11.3. The molecule has 0 saturated heterocycles. The Balaban J connectivity index is 5.60. The molecular weight excluding hydrogens is 304 g/mol. The maximum Gasteiger partial charge on any atom is 0.334 e. The van der Waals surface area contributed by atoms with E-state index in [-0.39, 0.29) is 17.4 Å². The first-order valence-corrected chi connectivity index (χ1v) is 9.33. The van der Waals surface area contributed by atoms with Crippen LogP contribution in [0.5, 0.6) is 0 Å². The third-order valence-corrected chi connectivity index (χ3v) is 3.47. The van der Waals surface area contributed by atoms with Gasteiger partial charge in [-0.25, -0.2) is 9.59 Å². The van der Waals surface area contributed by atoms with Gasteiger partial charge in [0.15, 0.2) is 0 Å². The number of rotatable bonds is 11. The SMILES string of the molecule is CCCCC/C(C(=O)OCCC)=C(\CC(C)(C)C)C(=O)OCCC. The summed E-state index contributed by atoms with van der Waals surface area (Å²) < 4.78 is 10.7. The van der Waals surface area contributed by atoms with E-state index in [1.807, 2.05) is 13.8 Å². The van der Waals surface area contributed by atoms with Crippen molar-refractivity contribution in [1.29, 1.82) is 0 Å². The smallest absolute Gasteiger partial charge is 0.334 e. The molecule has 0 aromatic rings. The van der Waals surface area contributed by atoms with Gasteiger partial charge in [-0.2, -0.15) is 0 Å². The van der Waals surface area contributed by atoms with Crippen molar-refractivity contribution in [3.8, 4) is 0 Å². The maximum atomic E-state index is 12.5. The first-order valence-electron chi connectivity index (χ1n) is 9.33. The molecule has 0 amide bonds. The minimum atomic E-state index is -0.369. The standard InChI is InChI=1S/C20H36O4/c1-7-10-11-12-16(18(21)23-13-8-2)17(15-20(4,5)6)19(22)24-14-9-3/h7-15H2,1-6H3/b17-16-. The van der Waals surface area contributed by atoms with Crippen molar-refractivity contribution in [1.82, 2.24) is 0 Å². The number of esters is 2. The van der Waals surface area contributed by atoms with Gasteiger partial charge >= 0.3 is 11.9 Å². The third kappa shape index (κ3) is 9.74. The summed E-state index contributed by atoms with van der Waals surface area (Å²) in [5, 5.41) is 0. The van der Waals surface area contributed by atoms with Crippen molar-refractivity contribution in [2.24, 2.45) is 5.41 Å². The fraction of sp³-hybridized carbons (Fsp3) is 0.800.